The van der Waals surface area contributed by atoms with Gasteiger partial charge >= 0.3 is 0 Å². The van der Waals surface area contributed by atoms with Crippen LogP contribution in [0.4, 0.5) is 5.69 Å². The summed E-state index contributed by atoms with van der Waals surface area (Å²) in [6, 6.07) is 8.51. The molecule has 0 aliphatic rings. The molecule has 0 heterocycles. The zero-order valence-corrected chi connectivity index (χ0v) is 6.64. The van der Waals surface area contributed by atoms with Crippen LogP contribution in [0.2, 0.25) is 0 Å². The Kier molecular flexibility index (Phi) is 2.26. The molecule has 2 nitrogen and oxygen atoms in total. The first kappa shape index (κ1) is 7.79. The Morgan fingerprint density at radius 3 is 2.91 bits per heavy atom. The minimum Gasteiger partial charge on any atom is -0.326 e. The molecule has 0 saturated carbocycles. The van der Waals surface area contributed by atoms with Crippen molar-refractivity contribution < 1.29 is 4.79 Å². The predicted molar refractivity (Wildman–Crippen MR) is 44.3 cm³/mol. The Bertz CT molecular complexity index is 268. The quantitative estimate of drug-likeness (QED) is 0.646. The monoisotopic (exact) mass is 148 g/mol. The summed E-state index contributed by atoms with van der Waals surface area (Å²) in [5, 5.41) is 2.70. The van der Waals surface area contributed by atoms with E-state index in [1.807, 2.05) is 25.1 Å². The van der Waals surface area contributed by atoms with E-state index in [9.17, 15) is 4.79 Å². The first-order valence-corrected chi connectivity index (χ1v) is 3.45. The highest BCUT2D eigenvalue weighted by Gasteiger charge is 1.96. The van der Waals surface area contributed by atoms with E-state index in [1.165, 1.54) is 6.92 Å². The van der Waals surface area contributed by atoms with Crippen molar-refractivity contribution in [1.29, 1.82) is 0 Å². The third-order valence-corrected chi connectivity index (χ3v) is 1.37. The molecule has 1 rings (SSSR count). The third kappa shape index (κ3) is 2.08. The van der Waals surface area contributed by atoms with Crippen LogP contribution in [0.3, 0.4) is 0 Å². The second kappa shape index (κ2) is 3.19. The summed E-state index contributed by atoms with van der Waals surface area (Å²) in [5.74, 6) is -0.0484. The molecule has 0 fully saturated rings. The number of hydrogen-bond donors (Lipinski definition) is 1. The molecular formula is C9H10NO. The number of carbonyl (C=O) groups is 1. The van der Waals surface area contributed by atoms with E-state index in [0.29, 0.717) is 0 Å². The van der Waals surface area contributed by atoms with Gasteiger partial charge in [0, 0.05) is 12.6 Å². The Labute approximate surface area is 66.2 Å². The number of benzene rings is 1. The summed E-state index contributed by atoms with van der Waals surface area (Å²) in [7, 11) is 0. The molecule has 1 N–H and O–H groups in total. The molecule has 0 atom stereocenters. The van der Waals surface area contributed by atoms with Crippen molar-refractivity contribution >= 4 is 11.6 Å². The molecule has 0 spiro atoms. The molecule has 0 aliphatic heterocycles. The Morgan fingerprint density at radius 2 is 2.36 bits per heavy atom. The van der Waals surface area contributed by atoms with Crippen molar-refractivity contribution in [3.05, 3.63) is 29.8 Å². The fourth-order valence-electron chi connectivity index (χ4n) is 0.845. The van der Waals surface area contributed by atoms with E-state index < -0.39 is 0 Å². The molecule has 0 aliphatic carbocycles. The molecule has 0 unspecified atom stereocenters. The van der Waals surface area contributed by atoms with Crippen LogP contribution in [0, 0.1) is 13.0 Å². The number of carbonyl (C=O) groups excluding carboxylic acids is 1. The van der Waals surface area contributed by atoms with Crippen molar-refractivity contribution in [2.45, 2.75) is 13.8 Å². The standard InChI is InChI=1S/C9H10NO/c1-7-5-3-4-6-9(7)10-8(2)11/h3-4,6H,1-2H3,(H,10,11). The molecule has 1 aromatic rings. The van der Waals surface area contributed by atoms with Gasteiger partial charge in [-0.15, -0.1) is 0 Å². The van der Waals surface area contributed by atoms with Crippen LogP contribution >= 0.6 is 0 Å². The maximum atomic E-state index is 10.6. The van der Waals surface area contributed by atoms with E-state index in [0.717, 1.165) is 11.3 Å². The topological polar surface area (TPSA) is 29.1 Å². The van der Waals surface area contributed by atoms with E-state index in [1.54, 1.807) is 0 Å². The van der Waals surface area contributed by atoms with Gasteiger partial charge in [0.15, 0.2) is 0 Å². The van der Waals surface area contributed by atoms with Crippen molar-refractivity contribution in [1.82, 2.24) is 0 Å². The fraction of sp³-hybridized carbons (Fsp3) is 0.222. The van der Waals surface area contributed by atoms with Crippen molar-refractivity contribution in [2.75, 3.05) is 5.32 Å². The van der Waals surface area contributed by atoms with Gasteiger partial charge in [0.25, 0.3) is 0 Å². The first-order chi connectivity index (χ1) is 5.20. The van der Waals surface area contributed by atoms with Crippen molar-refractivity contribution in [3.63, 3.8) is 0 Å². The molecular weight excluding hydrogens is 138 g/mol. The summed E-state index contributed by atoms with van der Waals surface area (Å²) < 4.78 is 0. The molecule has 1 amide bonds. The normalized spacial score (nSPS) is 9.27. The number of amides is 1. The Hall–Kier alpha value is -1.31. The van der Waals surface area contributed by atoms with Gasteiger partial charge in [-0.25, -0.2) is 0 Å². The number of aryl methyl sites for hydroxylation is 1. The minimum atomic E-state index is -0.0484. The van der Waals surface area contributed by atoms with Gasteiger partial charge in [-0.05, 0) is 24.6 Å². The molecule has 1 aromatic carbocycles. The number of hydrogen-bond acceptors (Lipinski definition) is 1. The van der Waals surface area contributed by atoms with Gasteiger partial charge in [0.2, 0.25) is 5.91 Å². The molecule has 2 heteroatoms. The van der Waals surface area contributed by atoms with Crippen LogP contribution in [0.1, 0.15) is 12.5 Å². The molecule has 0 bridgehead atoms. The molecule has 57 valence electrons. The summed E-state index contributed by atoms with van der Waals surface area (Å²) in [6.45, 7) is 3.40. The maximum Gasteiger partial charge on any atom is 0.221 e. The Morgan fingerprint density at radius 1 is 1.64 bits per heavy atom. The summed E-state index contributed by atoms with van der Waals surface area (Å²) in [5.41, 5.74) is 1.79. The first-order valence-electron chi connectivity index (χ1n) is 3.45. The zero-order valence-electron chi connectivity index (χ0n) is 6.64. The predicted octanol–water partition coefficient (Wildman–Crippen LogP) is 1.75. The van der Waals surface area contributed by atoms with Crippen molar-refractivity contribution in [3.8, 4) is 0 Å². The largest absolute Gasteiger partial charge is 0.326 e. The minimum absolute atomic E-state index is 0.0484. The lowest BCUT2D eigenvalue weighted by Crippen LogP contribution is -2.06. The third-order valence-electron chi connectivity index (χ3n) is 1.37. The highest BCUT2D eigenvalue weighted by Crippen LogP contribution is 2.11. The van der Waals surface area contributed by atoms with E-state index in [4.69, 9.17) is 0 Å². The lowest BCUT2D eigenvalue weighted by molar-refractivity contribution is -0.114. The Balaban J connectivity index is 2.86. The van der Waals surface area contributed by atoms with Gasteiger partial charge < -0.3 is 5.32 Å². The van der Waals surface area contributed by atoms with Crippen LogP contribution in [0.15, 0.2) is 18.2 Å². The molecule has 11 heavy (non-hydrogen) atoms. The van der Waals surface area contributed by atoms with E-state index in [2.05, 4.69) is 11.4 Å². The van der Waals surface area contributed by atoms with Crippen LogP contribution < -0.4 is 5.32 Å². The average Bonchev–Trinajstić information content (AvgIpc) is 1.93. The summed E-state index contributed by atoms with van der Waals surface area (Å²) in [4.78, 5) is 10.6. The second-order valence-corrected chi connectivity index (χ2v) is 2.39. The highest BCUT2D eigenvalue weighted by molar-refractivity contribution is 5.89. The highest BCUT2D eigenvalue weighted by atomic mass is 16.1. The van der Waals surface area contributed by atoms with Crippen LogP contribution in [-0.2, 0) is 4.79 Å². The average molecular weight is 148 g/mol. The van der Waals surface area contributed by atoms with Crippen LogP contribution in [-0.4, -0.2) is 5.91 Å². The number of nitrogens with one attached hydrogen (secondary N) is 1. The van der Waals surface area contributed by atoms with Gasteiger partial charge in [0.1, 0.15) is 0 Å². The van der Waals surface area contributed by atoms with Gasteiger partial charge in [-0.1, -0.05) is 12.1 Å². The van der Waals surface area contributed by atoms with Gasteiger partial charge in [-0.2, -0.15) is 0 Å². The van der Waals surface area contributed by atoms with Crippen molar-refractivity contribution in [2.24, 2.45) is 0 Å². The van der Waals surface area contributed by atoms with Gasteiger partial charge in [0.05, 0.1) is 0 Å². The smallest absolute Gasteiger partial charge is 0.221 e. The molecule has 1 radical (unpaired) electrons. The summed E-state index contributed by atoms with van der Waals surface area (Å²) >= 11 is 0. The lowest BCUT2D eigenvalue weighted by atomic mass is 10.2. The van der Waals surface area contributed by atoms with Crippen LogP contribution in [0.5, 0.6) is 0 Å². The number of anilines is 1. The zero-order chi connectivity index (χ0) is 8.27. The lowest BCUT2D eigenvalue weighted by Gasteiger charge is -2.03. The SMILES string of the molecule is CC(=O)Nc1ccc[c]c1C. The molecule has 0 saturated heterocycles. The fourth-order valence-corrected chi connectivity index (χ4v) is 0.845. The summed E-state index contributed by atoms with van der Waals surface area (Å²) in [6.07, 6.45) is 0. The maximum absolute atomic E-state index is 10.6. The van der Waals surface area contributed by atoms with E-state index >= 15 is 0 Å². The molecule has 0 aromatic heterocycles. The van der Waals surface area contributed by atoms with Gasteiger partial charge in [-0.3, -0.25) is 4.79 Å². The second-order valence-electron chi connectivity index (χ2n) is 2.39. The number of rotatable bonds is 1. The van der Waals surface area contributed by atoms with Crippen LogP contribution in [0.25, 0.3) is 0 Å². The van der Waals surface area contributed by atoms with E-state index in [-0.39, 0.29) is 5.91 Å².